The molecule has 1 amide bonds. The van der Waals surface area contributed by atoms with E-state index in [0.717, 1.165) is 22.0 Å². The summed E-state index contributed by atoms with van der Waals surface area (Å²) < 4.78 is 16.4. The molecule has 0 bridgehead atoms. The van der Waals surface area contributed by atoms with Gasteiger partial charge in [0.1, 0.15) is 0 Å². The number of amides is 1. The smallest absolute Gasteiger partial charge is 0.309 e. The minimum Gasteiger partial charge on any atom is -0.493 e. The summed E-state index contributed by atoms with van der Waals surface area (Å²) in [7, 11) is 3.23. The minimum absolute atomic E-state index is 0.0578. The number of hydrogen-bond donors (Lipinski definition) is 1. The van der Waals surface area contributed by atoms with Crippen LogP contribution in [-0.2, 0) is 14.3 Å². The SMILES string of the molecule is CCOC(=O)C1CCN(C(=O)CC(c2cccc(OC)c2OC)c2c[nH]c3ccccc23)CC1. The van der Waals surface area contributed by atoms with Gasteiger partial charge in [-0.3, -0.25) is 9.59 Å². The summed E-state index contributed by atoms with van der Waals surface area (Å²) in [4.78, 5) is 30.8. The van der Waals surface area contributed by atoms with Gasteiger partial charge < -0.3 is 24.1 Å². The summed E-state index contributed by atoms with van der Waals surface area (Å²) in [6.45, 7) is 3.30. The van der Waals surface area contributed by atoms with E-state index in [-0.39, 0.29) is 30.1 Å². The van der Waals surface area contributed by atoms with Crippen LogP contribution in [0.25, 0.3) is 10.9 Å². The third-order valence-corrected chi connectivity index (χ3v) is 6.65. The summed E-state index contributed by atoms with van der Waals surface area (Å²) >= 11 is 0. The maximum Gasteiger partial charge on any atom is 0.309 e. The number of fused-ring (bicyclic) bond motifs is 1. The molecule has 7 nitrogen and oxygen atoms in total. The van der Waals surface area contributed by atoms with E-state index in [1.807, 2.05) is 54.4 Å². The summed E-state index contributed by atoms with van der Waals surface area (Å²) in [5.41, 5.74) is 2.96. The van der Waals surface area contributed by atoms with Crippen molar-refractivity contribution in [2.45, 2.75) is 32.1 Å². The van der Waals surface area contributed by atoms with Crippen molar-refractivity contribution in [3.63, 3.8) is 0 Å². The van der Waals surface area contributed by atoms with Gasteiger partial charge >= 0.3 is 5.97 Å². The van der Waals surface area contributed by atoms with Gasteiger partial charge in [0.2, 0.25) is 5.91 Å². The van der Waals surface area contributed by atoms with E-state index in [9.17, 15) is 9.59 Å². The van der Waals surface area contributed by atoms with E-state index in [1.54, 1.807) is 14.2 Å². The molecule has 3 aromatic rings. The maximum atomic E-state index is 13.5. The second-order valence-electron chi connectivity index (χ2n) is 8.54. The Balaban J connectivity index is 1.63. The number of nitrogens with zero attached hydrogens (tertiary/aromatic N) is 1. The van der Waals surface area contributed by atoms with Crippen LogP contribution in [-0.4, -0.2) is 55.7 Å². The first-order valence-electron chi connectivity index (χ1n) is 11.8. The molecular formula is C27H32N2O5. The van der Waals surface area contributed by atoms with Crippen molar-refractivity contribution in [1.82, 2.24) is 9.88 Å². The summed E-state index contributed by atoms with van der Waals surface area (Å²) in [5.74, 6) is 0.805. The molecule has 0 aliphatic carbocycles. The Kier molecular flexibility index (Phi) is 7.40. The highest BCUT2D eigenvalue weighted by Gasteiger charge is 2.31. The van der Waals surface area contributed by atoms with Crippen molar-refractivity contribution in [2.75, 3.05) is 33.9 Å². The van der Waals surface area contributed by atoms with Gasteiger partial charge in [-0.05, 0) is 37.5 Å². The van der Waals surface area contributed by atoms with E-state index in [1.165, 1.54) is 0 Å². The Morgan fingerprint density at radius 2 is 1.79 bits per heavy atom. The minimum atomic E-state index is -0.225. The molecule has 4 rings (SSSR count). The van der Waals surface area contributed by atoms with Crippen LogP contribution in [0.3, 0.4) is 0 Å². The van der Waals surface area contributed by atoms with Crippen LogP contribution in [0.1, 0.15) is 43.2 Å². The van der Waals surface area contributed by atoms with Crippen molar-refractivity contribution < 1.29 is 23.8 Å². The molecule has 0 spiro atoms. The standard InChI is InChI=1S/C27H32N2O5/c1-4-34-27(31)18-12-14-29(15-13-18)25(30)16-21(20-9-7-11-24(32-2)26(20)33-3)22-17-28-23-10-6-5-8-19(22)23/h5-11,17-18,21,28H,4,12-16H2,1-3H3. The zero-order chi connectivity index (χ0) is 24.1. The quantitative estimate of drug-likeness (QED) is 0.496. The van der Waals surface area contributed by atoms with Gasteiger partial charge in [-0.2, -0.15) is 0 Å². The van der Waals surface area contributed by atoms with Gasteiger partial charge in [0.25, 0.3) is 0 Å². The number of methoxy groups -OCH3 is 2. The molecule has 1 atom stereocenters. The number of likely N-dealkylation sites (tertiary alicyclic amines) is 1. The lowest BCUT2D eigenvalue weighted by atomic mass is 9.86. The molecule has 1 N–H and O–H groups in total. The van der Waals surface area contributed by atoms with Crippen molar-refractivity contribution in [3.8, 4) is 11.5 Å². The van der Waals surface area contributed by atoms with Crippen molar-refractivity contribution in [3.05, 3.63) is 59.8 Å². The van der Waals surface area contributed by atoms with E-state index in [2.05, 4.69) is 11.1 Å². The second-order valence-corrected chi connectivity index (χ2v) is 8.54. The number of rotatable bonds is 8. The number of carbonyl (C=O) groups is 2. The molecule has 180 valence electrons. The summed E-state index contributed by atoms with van der Waals surface area (Å²) in [6, 6.07) is 13.9. The molecule has 34 heavy (non-hydrogen) atoms. The van der Waals surface area contributed by atoms with E-state index in [0.29, 0.717) is 44.0 Å². The third-order valence-electron chi connectivity index (χ3n) is 6.65. The molecule has 7 heteroatoms. The van der Waals surface area contributed by atoms with E-state index >= 15 is 0 Å². The van der Waals surface area contributed by atoms with Crippen LogP contribution in [0, 0.1) is 5.92 Å². The number of carbonyl (C=O) groups excluding carboxylic acids is 2. The van der Waals surface area contributed by atoms with Crippen molar-refractivity contribution in [1.29, 1.82) is 0 Å². The summed E-state index contributed by atoms with van der Waals surface area (Å²) in [6.07, 6.45) is 3.53. The molecule has 0 saturated carbocycles. The number of H-pyrrole nitrogens is 1. The first kappa shape index (κ1) is 23.7. The molecule has 1 aliphatic rings. The number of esters is 1. The first-order chi connectivity index (χ1) is 16.6. The number of benzene rings is 2. The zero-order valence-corrected chi connectivity index (χ0v) is 20.0. The van der Waals surface area contributed by atoms with Crippen LogP contribution >= 0.6 is 0 Å². The van der Waals surface area contributed by atoms with Crippen LogP contribution in [0.15, 0.2) is 48.7 Å². The number of aromatic nitrogens is 1. The second kappa shape index (κ2) is 10.6. The fourth-order valence-electron chi connectivity index (χ4n) is 4.88. The summed E-state index contributed by atoms with van der Waals surface area (Å²) in [5, 5.41) is 1.08. The Morgan fingerprint density at radius 1 is 1.03 bits per heavy atom. The number of nitrogens with one attached hydrogen (secondary N) is 1. The number of para-hydroxylation sites is 2. The van der Waals surface area contributed by atoms with Gasteiger partial charge in [0.05, 0.1) is 26.7 Å². The lowest BCUT2D eigenvalue weighted by molar-refractivity contribution is -0.151. The van der Waals surface area contributed by atoms with Crippen LogP contribution in [0.5, 0.6) is 11.5 Å². The van der Waals surface area contributed by atoms with Crippen LogP contribution in [0.2, 0.25) is 0 Å². The molecule has 1 aromatic heterocycles. The molecule has 2 aromatic carbocycles. The lowest BCUT2D eigenvalue weighted by Crippen LogP contribution is -2.41. The predicted molar refractivity (Wildman–Crippen MR) is 130 cm³/mol. The Bertz CT molecular complexity index is 1150. The van der Waals surface area contributed by atoms with Crippen molar-refractivity contribution in [2.24, 2.45) is 5.92 Å². The Morgan fingerprint density at radius 3 is 2.50 bits per heavy atom. The Hall–Kier alpha value is -3.48. The number of ether oxygens (including phenoxy) is 3. The normalized spacial score (nSPS) is 15.2. The highest BCUT2D eigenvalue weighted by atomic mass is 16.5. The fourth-order valence-corrected chi connectivity index (χ4v) is 4.88. The monoisotopic (exact) mass is 464 g/mol. The zero-order valence-electron chi connectivity index (χ0n) is 20.0. The first-order valence-corrected chi connectivity index (χ1v) is 11.8. The van der Waals surface area contributed by atoms with Crippen molar-refractivity contribution >= 4 is 22.8 Å². The molecule has 1 fully saturated rings. The van der Waals surface area contributed by atoms with Gasteiger partial charge in [-0.15, -0.1) is 0 Å². The fraction of sp³-hybridized carbons (Fsp3) is 0.407. The number of piperidine rings is 1. The average molecular weight is 465 g/mol. The molecule has 1 aliphatic heterocycles. The van der Waals surface area contributed by atoms with Gasteiger partial charge in [-0.25, -0.2) is 0 Å². The van der Waals surface area contributed by atoms with E-state index in [4.69, 9.17) is 14.2 Å². The van der Waals surface area contributed by atoms with Crippen LogP contribution in [0.4, 0.5) is 0 Å². The lowest BCUT2D eigenvalue weighted by Gasteiger charge is -2.32. The molecular weight excluding hydrogens is 432 g/mol. The highest BCUT2D eigenvalue weighted by Crippen LogP contribution is 2.42. The average Bonchev–Trinajstić information content (AvgIpc) is 3.30. The molecule has 0 radical (unpaired) electrons. The number of aromatic amines is 1. The van der Waals surface area contributed by atoms with Crippen LogP contribution < -0.4 is 9.47 Å². The topological polar surface area (TPSA) is 80.9 Å². The predicted octanol–water partition coefficient (Wildman–Crippen LogP) is 4.51. The third kappa shape index (κ3) is 4.74. The molecule has 1 saturated heterocycles. The van der Waals surface area contributed by atoms with E-state index < -0.39 is 0 Å². The number of hydrogen-bond acceptors (Lipinski definition) is 5. The Labute approximate surface area is 200 Å². The molecule has 1 unspecified atom stereocenters. The van der Waals surface area contributed by atoms with Gasteiger partial charge in [0, 0.05) is 48.1 Å². The van der Waals surface area contributed by atoms with Gasteiger partial charge in [-0.1, -0.05) is 30.3 Å². The largest absolute Gasteiger partial charge is 0.493 e. The maximum absolute atomic E-state index is 13.5. The highest BCUT2D eigenvalue weighted by molar-refractivity contribution is 5.86. The molecule has 2 heterocycles. The van der Waals surface area contributed by atoms with Gasteiger partial charge in [0.15, 0.2) is 11.5 Å².